The SMILES string of the molecule is Cc1cc(Nc2ncc(-c3ncno3)c(N[C@H](CO)c3ccccc3)n2)ccc1C(=O)N(C)C. The van der Waals surface area contributed by atoms with E-state index in [4.69, 9.17) is 4.52 Å². The topological polar surface area (TPSA) is 129 Å². The van der Waals surface area contributed by atoms with Gasteiger partial charge < -0.3 is 25.2 Å². The number of rotatable bonds is 8. The van der Waals surface area contributed by atoms with Gasteiger partial charge in [0.1, 0.15) is 11.4 Å². The average molecular weight is 460 g/mol. The second-order valence-corrected chi connectivity index (χ2v) is 7.85. The molecule has 0 aliphatic carbocycles. The summed E-state index contributed by atoms with van der Waals surface area (Å²) in [5.74, 6) is 0.926. The van der Waals surface area contributed by atoms with Crippen LogP contribution in [-0.2, 0) is 0 Å². The Morgan fingerprint density at radius 3 is 2.59 bits per heavy atom. The molecule has 0 radical (unpaired) electrons. The fraction of sp³-hybridized carbons (Fsp3) is 0.208. The maximum Gasteiger partial charge on any atom is 0.262 e. The number of nitrogens with zero attached hydrogens (tertiary/aromatic N) is 5. The van der Waals surface area contributed by atoms with Crippen molar-refractivity contribution >= 4 is 23.4 Å². The van der Waals surface area contributed by atoms with Crippen molar-refractivity contribution in [3.05, 3.63) is 77.7 Å². The van der Waals surface area contributed by atoms with E-state index in [9.17, 15) is 9.90 Å². The minimum Gasteiger partial charge on any atom is -0.394 e. The van der Waals surface area contributed by atoms with Gasteiger partial charge in [0.05, 0.1) is 12.6 Å². The third-order valence-corrected chi connectivity index (χ3v) is 5.20. The molecule has 1 amide bonds. The van der Waals surface area contributed by atoms with E-state index in [1.807, 2.05) is 43.3 Å². The van der Waals surface area contributed by atoms with E-state index < -0.39 is 6.04 Å². The molecule has 10 heteroatoms. The van der Waals surface area contributed by atoms with Crippen LogP contribution in [0.5, 0.6) is 0 Å². The summed E-state index contributed by atoms with van der Waals surface area (Å²) >= 11 is 0. The zero-order valence-electron chi connectivity index (χ0n) is 19.1. The van der Waals surface area contributed by atoms with Crippen LogP contribution in [0.25, 0.3) is 11.5 Å². The van der Waals surface area contributed by atoms with Crippen molar-refractivity contribution in [2.45, 2.75) is 13.0 Å². The summed E-state index contributed by atoms with van der Waals surface area (Å²) < 4.78 is 5.21. The predicted octanol–water partition coefficient (Wildman–Crippen LogP) is 3.43. The fourth-order valence-electron chi connectivity index (χ4n) is 3.44. The first-order valence-electron chi connectivity index (χ1n) is 10.6. The number of hydrogen-bond donors (Lipinski definition) is 3. The Hall–Kier alpha value is -4.31. The Labute approximate surface area is 196 Å². The minimum atomic E-state index is -0.413. The largest absolute Gasteiger partial charge is 0.394 e. The van der Waals surface area contributed by atoms with E-state index >= 15 is 0 Å². The Morgan fingerprint density at radius 1 is 1.15 bits per heavy atom. The molecule has 0 aliphatic heterocycles. The number of carbonyl (C=O) groups is 1. The van der Waals surface area contributed by atoms with Gasteiger partial charge in [-0.1, -0.05) is 35.5 Å². The Kier molecular flexibility index (Phi) is 6.79. The van der Waals surface area contributed by atoms with Crippen molar-refractivity contribution in [2.75, 3.05) is 31.3 Å². The Balaban J connectivity index is 1.65. The first-order valence-corrected chi connectivity index (χ1v) is 10.6. The van der Waals surface area contributed by atoms with Gasteiger partial charge in [0.25, 0.3) is 11.8 Å². The second kappa shape index (κ2) is 10.1. The molecule has 0 saturated heterocycles. The highest BCUT2D eigenvalue weighted by atomic mass is 16.5. The molecule has 2 aromatic heterocycles. The van der Waals surface area contributed by atoms with Gasteiger partial charge in [0, 0.05) is 31.5 Å². The lowest BCUT2D eigenvalue weighted by atomic mass is 10.1. The van der Waals surface area contributed by atoms with Gasteiger partial charge in [-0.05, 0) is 36.2 Å². The van der Waals surface area contributed by atoms with Gasteiger partial charge in [-0.2, -0.15) is 9.97 Å². The smallest absolute Gasteiger partial charge is 0.262 e. The molecule has 1 atom stereocenters. The van der Waals surface area contributed by atoms with Crippen LogP contribution in [0.15, 0.2) is 65.6 Å². The maximum absolute atomic E-state index is 12.3. The lowest BCUT2D eigenvalue weighted by Crippen LogP contribution is -2.22. The normalized spacial score (nSPS) is 11.6. The summed E-state index contributed by atoms with van der Waals surface area (Å²) in [6.45, 7) is 1.72. The number of aryl methyl sites for hydroxylation is 1. The molecule has 2 aromatic carbocycles. The number of amides is 1. The molecule has 0 unspecified atom stereocenters. The minimum absolute atomic E-state index is 0.0633. The van der Waals surface area contributed by atoms with E-state index in [0.29, 0.717) is 22.9 Å². The van der Waals surface area contributed by atoms with Crippen LogP contribution < -0.4 is 10.6 Å². The van der Waals surface area contributed by atoms with Crippen molar-refractivity contribution in [3.8, 4) is 11.5 Å². The zero-order valence-corrected chi connectivity index (χ0v) is 19.1. The Morgan fingerprint density at radius 2 is 1.94 bits per heavy atom. The molecule has 0 aliphatic rings. The number of aliphatic hydroxyl groups excluding tert-OH is 1. The van der Waals surface area contributed by atoms with Crippen LogP contribution in [-0.4, -0.2) is 56.7 Å². The van der Waals surface area contributed by atoms with Crippen molar-refractivity contribution < 1.29 is 14.4 Å². The molecule has 4 aromatic rings. The summed E-state index contributed by atoms with van der Waals surface area (Å²) in [4.78, 5) is 26.9. The number of carbonyl (C=O) groups excluding carboxylic acids is 1. The molecule has 0 fully saturated rings. The number of aromatic nitrogens is 4. The number of hydrogen-bond acceptors (Lipinski definition) is 9. The first kappa shape index (κ1) is 22.9. The highest BCUT2D eigenvalue weighted by Crippen LogP contribution is 2.29. The van der Waals surface area contributed by atoms with Crippen LogP contribution in [0.3, 0.4) is 0 Å². The quantitative estimate of drug-likeness (QED) is 0.363. The van der Waals surface area contributed by atoms with Crippen LogP contribution in [0.1, 0.15) is 27.5 Å². The lowest BCUT2D eigenvalue weighted by molar-refractivity contribution is 0.0827. The molecule has 0 spiro atoms. The highest BCUT2D eigenvalue weighted by Gasteiger charge is 2.19. The van der Waals surface area contributed by atoms with Gasteiger partial charge in [-0.15, -0.1) is 0 Å². The van der Waals surface area contributed by atoms with Crippen LogP contribution in [0.4, 0.5) is 17.5 Å². The van der Waals surface area contributed by atoms with E-state index in [2.05, 4.69) is 30.7 Å². The van der Waals surface area contributed by atoms with E-state index in [0.717, 1.165) is 16.8 Å². The number of nitrogens with one attached hydrogen (secondary N) is 2. The third-order valence-electron chi connectivity index (χ3n) is 5.20. The van der Waals surface area contributed by atoms with Crippen molar-refractivity contribution in [3.63, 3.8) is 0 Å². The van der Waals surface area contributed by atoms with Gasteiger partial charge in [0.15, 0.2) is 6.33 Å². The number of benzene rings is 2. The number of aliphatic hydroxyl groups is 1. The summed E-state index contributed by atoms with van der Waals surface area (Å²) in [6.07, 6.45) is 2.87. The van der Waals surface area contributed by atoms with Crippen molar-refractivity contribution in [1.82, 2.24) is 25.0 Å². The average Bonchev–Trinajstić information content (AvgIpc) is 3.37. The fourth-order valence-corrected chi connectivity index (χ4v) is 3.44. The van der Waals surface area contributed by atoms with Crippen LogP contribution in [0, 0.1) is 6.92 Å². The molecule has 10 nitrogen and oxygen atoms in total. The number of anilines is 3. The highest BCUT2D eigenvalue weighted by molar-refractivity contribution is 5.95. The van der Waals surface area contributed by atoms with E-state index in [-0.39, 0.29) is 18.4 Å². The van der Waals surface area contributed by atoms with E-state index in [1.54, 1.807) is 32.4 Å². The molecule has 0 bridgehead atoms. The molecule has 2 heterocycles. The first-order chi connectivity index (χ1) is 16.5. The summed E-state index contributed by atoms with van der Waals surface area (Å²) in [6, 6.07) is 14.6. The van der Waals surface area contributed by atoms with Gasteiger partial charge >= 0.3 is 0 Å². The van der Waals surface area contributed by atoms with Crippen molar-refractivity contribution in [1.29, 1.82) is 0 Å². The van der Waals surface area contributed by atoms with Gasteiger partial charge in [-0.3, -0.25) is 4.79 Å². The lowest BCUT2D eigenvalue weighted by Gasteiger charge is -2.19. The van der Waals surface area contributed by atoms with Gasteiger partial charge in [-0.25, -0.2) is 4.98 Å². The van der Waals surface area contributed by atoms with Gasteiger partial charge in [0.2, 0.25) is 5.95 Å². The third kappa shape index (κ3) is 5.02. The maximum atomic E-state index is 12.3. The standard InChI is InChI=1S/C24H25N7O3/c1-15-11-17(9-10-18(15)23(33)31(2)3)28-24-25-12-19(22-26-14-27-34-22)21(30-24)29-20(13-32)16-7-5-4-6-8-16/h4-12,14,20,32H,13H2,1-3H3,(H2,25,28,29,30)/t20-/m1/s1. The molecular weight excluding hydrogens is 434 g/mol. The van der Waals surface area contributed by atoms with E-state index in [1.165, 1.54) is 11.2 Å². The predicted molar refractivity (Wildman–Crippen MR) is 128 cm³/mol. The van der Waals surface area contributed by atoms with Crippen LogP contribution in [0.2, 0.25) is 0 Å². The second-order valence-electron chi connectivity index (χ2n) is 7.85. The van der Waals surface area contributed by atoms with Crippen molar-refractivity contribution in [2.24, 2.45) is 0 Å². The van der Waals surface area contributed by atoms with Crippen LogP contribution >= 0.6 is 0 Å². The summed E-state index contributed by atoms with van der Waals surface area (Å²) in [5.41, 5.74) is 3.58. The Bertz CT molecular complexity index is 1260. The summed E-state index contributed by atoms with van der Waals surface area (Å²) in [5, 5.41) is 20.1. The molecule has 0 saturated carbocycles. The molecule has 3 N–H and O–H groups in total. The summed E-state index contributed by atoms with van der Waals surface area (Å²) in [7, 11) is 3.44. The molecule has 34 heavy (non-hydrogen) atoms. The molecule has 174 valence electrons. The molecule has 4 rings (SSSR count). The molecular formula is C24H25N7O3. The zero-order chi connectivity index (χ0) is 24.1. The monoisotopic (exact) mass is 459 g/mol.